The molecule has 1 unspecified atom stereocenters. The monoisotopic (exact) mass is 381 g/mol. The molecule has 1 aliphatic carbocycles. The molecule has 9 heteroatoms. The fraction of sp³-hybridized carbons (Fsp3) is 0.529. The number of nitrogens with zero attached hydrogens (tertiary/aromatic N) is 2. The summed E-state index contributed by atoms with van der Waals surface area (Å²) in [5.74, 6) is -0.915. The Labute approximate surface area is 152 Å². The summed E-state index contributed by atoms with van der Waals surface area (Å²) >= 11 is 0. The number of carbonyl (C=O) groups is 2. The largest absolute Gasteiger partial charge is 0.481 e. The Morgan fingerprint density at radius 3 is 2.38 bits per heavy atom. The standard InChI is InChI=1S/C17H23N3O5S/c1-17(15(21)22)9-10-20(11-17)16(23)18-12-3-7-14(8-4-12)26(24,25)19(2)13-5-6-13/h3-4,7-8,13H,5-6,9-11H2,1-2H3,(H,18,23)(H,21,22). The Hall–Kier alpha value is -2.13. The molecule has 2 amide bonds. The van der Waals surface area contributed by atoms with Gasteiger partial charge in [0.15, 0.2) is 0 Å². The third-order valence-corrected chi connectivity index (χ3v) is 7.04. The third-order valence-electron chi connectivity index (χ3n) is 5.12. The van der Waals surface area contributed by atoms with Gasteiger partial charge in [-0.25, -0.2) is 13.2 Å². The van der Waals surface area contributed by atoms with Gasteiger partial charge in [0.25, 0.3) is 0 Å². The molecule has 2 N–H and O–H groups in total. The van der Waals surface area contributed by atoms with Crippen LogP contribution in [0.15, 0.2) is 29.2 Å². The molecule has 0 aromatic heterocycles. The maximum atomic E-state index is 12.5. The van der Waals surface area contributed by atoms with Crippen molar-refractivity contribution in [2.45, 2.75) is 37.1 Å². The maximum absolute atomic E-state index is 12.5. The number of carbonyl (C=O) groups excluding carboxylic acids is 1. The van der Waals surface area contributed by atoms with Gasteiger partial charge in [-0.1, -0.05) is 0 Å². The van der Waals surface area contributed by atoms with Gasteiger partial charge in [0.1, 0.15) is 0 Å². The van der Waals surface area contributed by atoms with Gasteiger partial charge in [0.05, 0.1) is 10.3 Å². The van der Waals surface area contributed by atoms with E-state index in [1.807, 2.05) is 0 Å². The SMILES string of the molecule is CN(C1CC1)S(=O)(=O)c1ccc(NC(=O)N2CCC(C)(C(=O)O)C2)cc1. The summed E-state index contributed by atoms with van der Waals surface area (Å²) in [6.45, 7) is 2.14. The van der Waals surface area contributed by atoms with E-state index in [4.69, 9.17) is 0 Å². The highest BCUT2D eigenvalue weighted by Gasteiger charge is 2.42. The van der Waals surface area contributed by atoms with Crippen LogP contribution in [-0.4, -0.2) is 60.9 Å². The lowest BCUT2D eigenvalue weighted by atomic mass is 9.90. The first kappa shape index (κ1) is 18.7. The summed E-state index contributed by atoms with van der Waals surface area (Å²) in [7, 11) is -1.94. The zero-order valence-corrected chi connectivity index (χ0v) is 15.6. The average molecular weight is 381 g/mol. The Morgan fingerprint density at radius 2 is 1.88 bits per heavy atom. The van der Waals surface area contributed by atoms with Gasteiger partial charge in [-0.2, -0.15) is 4.31 Å². The van der Waals surface area contributed by atoms with E-state index in [1.165, 1.54) is 33.5 Å². The third kappa shape index (κ3) is 3.54. The van der Waals surface area contributed by atoms with Crippen LogP contribution in [-0.2, 0) is 14.8 Å². The first-order valence-electron chi connectivity index (χ1n) is 8.51. The minimum absolute atomic E-state index is 0.0816. The molecule has 0 spiro atoms. The Bertz CT molecular complexity index is 819. The Morgan fingerprint density at radius 1 is 1.27 bits per heavy atom. The number of likely N-dealkylation sites (tertiary alicyclic amines) is 1. The maximum Gasteiger partial charge on any atom is 0.321 e. The Balaban J connectivity index is 1.64. The van der Waals surface area contributed by atoms with E-state index in [1.54, 1.807) is 14.0 Å². The number of benzene rings is 1. The van der Waals surface area contributed by atoms with Crippen LogP contribution in [0.4, 0.5) is 10.5 Å². The number of hydrogen-bond donors (Lipinski definition) is 2. The van der Waals surface area contributed by atoms with E-state index in [-0.39, 0.29) is 23.5 Å². The molecule has 1 aromatic carbocycles. The highest BCUT2D eigenvalue weighted by molar-refractivity contribution is 7.89. The molecule has 2 aliphatic rings. The van der Waals surface area contributed by atoms with E-state index in [2.05, 4.69) is 5.32 Å². The van der Waals surface area contributed by atoms with Crippen LogP contribution in [0, 0.1) is 5.41 Å². The van der Waals surface area contributed by atoms with Crippen LogP contribution in [0.5, 0.6) is 0 Å². The number of sulfonamides is 1. The number of carboxylic acid groups (broad SMARTS) is 1. The van der Waals surface area contributed by atoms with E-state index >= 15 is 0 Å². The lowest BCUT2D eigenvalue weighted by molar-refractivity contribution is -0.146. The van der Waals surface area contributed by atoms with Crippen LogP contribution in [0.3, 0.4) is 0 Å². The van der Waals surface area contributed by atoms with Crippen molar-refractivity contribution in [1.82, 2.24) is 9.21 Å². The number of rotatable bonds is 5. The zero-order valence-electron chi connectivity index (χ0n) is 14.8. The molecule has 1 atom stereocenters. The van der Waals surface area contributed by atoms with Gasteiger partial charge in [-0.15, -0.1) is 0 Å². The van der Waals surface area contributed by atoms with E-state index in [9.17, 15) is 23.1 Å². The first-order valence-corrected chi connectivity index (χ1v) is 9.95. The molecular formula is C17H23N3O5S. The average Bonchev–Trinajstić information content (AvgIpc) is 3.36. The zero-order chi connectivity index (χ0) is 19.1. The molecule has 142 valence electrons. The Kier molecular flexibility index (Phi) is 4.70. The van der Waals surface area contributed by atoms with Gasteiger partial charge in [0, 0.05) is 31.9 Å². The number of nitrogens with one attached hydrogen (secondary N) is 1. The van der Waals surface area contributed by atoms with Crippen molar-refractivity contribution >= 4 is 27.7 Å². The number of aliphatic carboxylic acids is 1. The van der Waals surface area contributed by atoms with Crippen molar-refractivity contribution in [3.05, 3.63) is 24.3 Å². The molecule has 2 fully saturated rings. The number of carboxylic acids is 1. The predicted octanol–water partition coefficient (Wildman–Crippen LogP) is 1.80. The highest BCUT2D eigenvalue weighted by Crippen LogP contribution is 2.32. The van der Waals surface area contributed by atoms with Crippen molar-refractivity contribution in [2.75, 3.05) is 25.5 Å². The summed E-state index contributed by atoms with van der Waals surface area (Å²) in [5, 5.41) is 11.9. The van der Waals surface area contributed by atoms with Crippen LogP contribution in [0.25, 0.3) is 0 Å². The molecular weight excluding hydrogens is 358 g/mol. The molecule has 1 heterocycles. The highest BCUT2D eigenvalue weighted by atomic mass is 32.2. The molecule has 3 rings (SSSR count). The van der Waals surface area contributed by atoms with Crippen LogP contribution < -0.4 is 5.32 Å². The molecule has 1 aliphatic heterocycles. The fourth-order valence-corrected chi connectivity index (χ4v) is 4.44. The first-order chi connectivity index (χ1) is 12.1. The lowest BCUT2D eigenvalue weighted by Crippen LogP contribution is -2.37. The summed E-state index contributed by atoms with van der Waals surface area (Å²) in [6, 6.07) is 5.71. The van der Waals surface area contributed by atoms with Crippen molar-refractivity contribution < 1.29 is 23.1 Å². The van der Waals surface area contributed by atoms with Crippen LogP contribution >= 0.6 is 0 Å². The van der Waals surface area contributed by atoms with Gasteiger partial charge in [0.2, 0.25) is 10.0 Å². The summed E-state index contributed by atoms with van der Waals surface area (Å²) in [4.78, 5) is 25.2. The minimum Gasteiger partial charge on any atom is -0.481 e. The normalized spacial score (nSPS) is 23.3. The predicted molar refractivity (Wildman–Crippen MR) is 95.4 cm³/mol. The van der Waals surface area contributed by atoms with Gasteiger partial charge in [-0.05, 0) is 50.5 Å². The molecule has 1 saturated heterocycles. The molecule has 0 bridgehead atoms. The smallest absolute Gasteiger partial charge is 0.321 e. The second kappa shape index (κ2) is 6.55. The van der Waals surface area contributed by atoms with Gasteiger partial charge in [-0.3, -0.25) is 4.79 Å². The van der Waals surface area contributed by atoms with Crippen LogP contribution in [0.1, 0.15) is 26.2 Å². The van der Waals surface area contributed by atoms with Gasteiger partial charge >= 0.3 is 12.0 Å². The van der Waals surface area contributed by atoms with E-state index in [0.717, 1.165) is 12.8 Å². The second-order valence-corrected chi connectivity index (χ2v) is 9.24. The van der Waals surface area contributed by atoms with E-state index in [0.29, 0.717) is 18.7 Å². The fourth-order valence-electron chi connectivity index (χ4n) is 3.02. The van der Waals surface area contributed by atoms with E-state index < -0.39 is 21.4 Å². The van der Waals surface area contributed by atoms with Crippen molar-refractivity contribution in [1.29, 1.82) is 0 Å². The minimum atomic E-state index is -3.52. The molecule has 8 nitrogen and oxygen atoms in total. The van der Waals surface area contributed by atoms with Crippen molar-refractivity contribution in [2.24, 2.45) is 5.41 Å². The van der Waals surface area contributed by atoms with Crippen LogP contribution in [0.2, 0.25) is 0 Å². The lowest BCUT2D eigenvalue weighted by Gasteiger charge is -2.21. The van der Waals surface area contributed by atoms with Crippen molar-refractivity contribution in [3.8, 4) is 0 Å². The summed E-state index contributed by atoms with van der Waals surface area (Å²) < 4.78 is 26.3. The summed E-state index contributed by atoms with van der Waals surface area (Å²) in [6.07, 6.45) is 2.17. The number of anilines is 1. The quantitative estimate of drug-likeness (QED) is 0.809. The molecule has 1 aromatic rings. The molecule has 26 heavy (non-hydrogen) atoms. The summed E-state index contributed by atoms with van der Waals surface area (Å²) in [5.41, 5.74) is -0.463. The topological polar surface area (TPSA) is 107 Å². The molecule has 0 radical (unpaired) electrons. The number of amides is 2. The number of urea groups is 1. The molecule has 1 saturated carbocycles. The second-order valence-electron chi connectivity index (χ2n) is 7.24. The number of hydrogen-bond acceptors (Lipinski definition) is 4. The van der Waals surface area contributed by atoms with Crippen molar-refractivity contribution in [3.63, 3.8) is 0 Å². The van der Waals surface area contributed by atoms with Gasteiger partial charge < -0.3 is 15.3 Å².